The minimum Gasteiger partial charge on any atom is -0.0622 e. The van der Waals surface area contributed by atoms with Crippen molar-refractivity contribution in [1.82, 2.24) is 0 Å². The van der Waals surface area contributed by atoms with Gasteiger partial charge in [-0.3, -0.25) is 0 Å². The van der Waals surface area contributed by atoms with E-state index in [0.717, 1.165) is 12.8 Å². The summed E-state index contributed by atoms with van der Waals surface area (Å²) in [4.78, 5) is 0. The first-order valence-electron chi connectivity index (χ1n) is 13.4. The molecule has 5 rings (SSSR count). The monoisotopic (exact) mass is 540 g/mol. The van der Waals surface area contributed by atoms with Gasteiger partial charge in [-0.15, -0.1) is 0 Å². The summed E-state index contributed by atoms with van der Waals surface area (Å²) in [6.07, 6.45) is 4.76. The average Bonchev–Trinajstić information content (AvgIpc) is 3.35. The van der Waals surface area contributed by atoms with Gasteiger partial charge >= 0.3 is 152 Å². The standard InChI is InChI=1S/C14H14.C11H12P.C10H15.Ti/c1-3-7-13(8-4-1)11-12-14-9-5-2-6-10-14;1-12(2)11-7-9-5-3-4-6-10(9)8-11;1-7-6-10(4,5)9(3)8(7)2;/h1-10H,11-12H2;3-8H,1-2H3;1-5H3;. The molecule has 0 radical (unpaired) electrons. The smallest absolute Gasteiger partial charge is 0.0238 e. The molecule has 3 aromatic rings. The fourth-order valence-corrected chi connectivity index (χ4v) is 10.9. The molecule has 0 N–H and O–H groups in total. The molecule has 37 heavy (non-hydrogen) atoms. The van der Waals surface area contributed by atoms with Crippen molar-refractivity contribution in [3.8, 4) is 0 Å². The van der Waals surface area contributed by atoms with Crippen molar-refractivity contribution in [1.29, 1.82) is 0 Å². The average molecular weight is 541 g/mol. The molecule has 2 aliphatic carbocycles. The number of hydrogen-bond donors (Lipinski definition) is 0. The zero-order chi connectivity index (χ0) is 26.6. The maximum atomic E-state index is 2.50. The Hall–Kier alpha value is -1.98. The minimum absolute atomic E-state index is 0.0185. The fraction of sp³-hybridized carbons (Fsp3) is 0.314. The van der Waals surface area contributed by atoms with Gasteiger partial charge in [0.05, 0.1) is 0 Å². The molecule has 0 bridgehead atoms. The molecule has 0 heterocycles. The van der Waals surface area contributed by atoms with Gasteiger partial charge in [-0.25, -0.2) is 0 Å². The molecule has 2 heteroatoms. The zero-order valence-corrected chi connectivity index (χ0v) is 26.1. The van der Waals surface area contributed by atoms with Crippen LogP contribution in [0.5, 0.6) is 0 Å². The number of benzene rings is 3. The summed E-state index contributed by atoms with van der Waals surface area (Å²) >= 11 is -0.210. The van der Waals surface area contributed by atoms with Crippen molar-refractivity contribution in [2.75, 3.05) is 13.3 Å². The largest absolute Gasteiger partial charge is 0.0622 e. The summed E-state index contributed by atoms with van der Waals surface area (Å²) in [5.74, 6) is 0. The molecule has 0 saturated carbocycles. The van der Waals surface area contributed by atoms with Crippen LogP contribution >= 0.6 is 7.92 Å². The van der Waals surface area contributed by atoms with Crippen LogP contribution in [0, 0.1) is 5.41 Å². The Labute approximate surface area is 235 Å². The van der Waals surface area contributed by atoms with E-state index >= 15 is 0 Å². The van der Waals surface area contributed by atoms with E-state index in [2.05, 4.69) is 139 Å². The number of fused-ring (bicyclic) bond motifs is 1. The third-order valence-corrected chi connectivity index (χ3v) is 13.4. The van der Waals surface area contributed by atoms with Gasteiger partial charge in [-0.05, 0) is 24.0 Å². The Bertz CT molecular complexity index is 1270. The Morgan fingerprint density at radius 2 is 1.22 bits per heavy atom. The van der Waals surface area contributed by atoms with Crippen LogP contribution in [0.1, 0.15) is 61.1 Å². The van der Waals surface area contributed by atoms with E-state index in [9.17, 15) is 0 Å². The van der Waals surface area contributed by atoms with Crippen molar-refractivity contribution in [2.24, 2.45) is 5.41 Å². The first-order valence-corrected chi connectivity index (χ1v) is 17.3. The predicted octanol–water partition coefficient (Wildman–Crippen LogP) is 10.0. The van der Waals surface area contributed by atoms with E-state index in [1.165, 1.54) is 16.7 Å². The van der Waals surface area contributed by atoms with E-state index in [1.807, 2.05) is 0 Å². The summed E-state index contributed by atoms with van der Waals surface area (Å²) in [6, 6.07) is 30.3. The van der Waals surface area contributed by atoms with Crippen molar-refractivity contribution in [2.45, 2.75) is 51.7 Å². The van der Waals surface area contributed by atoms with Gasteiger partial charge in [0, 0.05) is 0 Å². The second-order valence-corrected chi connectivity index (χ2v) is 15.5. The SMILES string of the molecule is CC1=C(C)C(C)(C)[C]([Ti][CH]2C(P(C)C)=Cc3ccccc32)=C1C.c1ccc(CCc2ccccc2)cc1. The Morgan fingerprint density at radius 3 is 1.70 bits per heavy atom. The topological polar surface area (TPSA) is 0 Å². The molecule has 1 atom stereocenters. The van der Waals surface area contributed by atoms with E-state index in [4.69, 9.17) is 0 Å². The number of allylic oxidation sites excluding steroid dienone is 5. The Balaban J connectivity index is 0.000000195. The zero-order valence-electron chi connectivity index (χ0n) is 23.6. The van der Waals surface area contributed by atoms with Crippen LogP contribution in [0.3, 0.4) is 0 Å². The molecule has 190 valence electrons. The van der Waals surface area contributed by atoms with Gasteiger partial charge < -0.3 is 0 Å². The third-order valence-electron chi connectivity index (χ3n) is 8.16. The van der Waals surface area contributed by atoms with Crippen LogP contribution in [0.15, 0.2) is 111 Å². The van der Waals surface area contributed by atoms with Gasteiger partial charge in [0.2, 0.25) is 0 Å². The van der Waals surface area contributed by atoms with Gasteiger partial charge in [0.15, 0.2) is 0 Å². The first kappa shape index (κ1) is 28.0. The van der Waals surface area contributed by atoms with Crippen LogP contribution < -0.4 is 0 Å². The summed E-state index contributed by atoms with van der Waals surface area (Å²) in [6.45, 7) is 16.7. The molecule has 0 aliphatic heterocycles. The second-order valence-electron chi connectivity index (χ2n) is 11.0. The maximum Gasteiger partial charge on any atom is -0.0238 e. The normalized spacial score (nSPS) is 17.9. The van der Waals surface area contributed by atoms with Gasteiger partial charge in [0.25, 0.3) is 0 Å². The Morgan fingerprint density at radius 1 is 0.703 bits per heavy atom. The third kappa shape index (κ3) is 6.37. The van der Waals surface area contributed by atoms with E-state index in [1.54, 1.807) is 31.5 Å². The van der Waals surface area contributed by atoms with Crippen molar-refractivity contribution < 1.29 is 19.2 Å². The molecular formula is C35H41PTi. The van der Waals surface area contributed by atoms with E-state index < -0.39 is 0 Å². The number of aryl methyl sites for hydroxylation is 2. The quantitative estimate of drug-likeness (QED) is 0.216. The number of rotatable bonds is 6. The predicted molar refractivity (Wildman–Crippen MR) is 161 cm³/mol. The molecule has 3 aromatic carbocycles. The van der Waals surface area contributed by atoms with Gasteiger partial charge in [-0.2, -0.15) is 0 Å². The molecule has 0 saturated heterocycles. The van der Waals surface area contributed by atoms with E-state index in [0.29, 0.717) is 4.22 Å². The van der Waals surface area contributed by atoms with Crippen LogP contribution in [-0.4, -0.2) is 13.3 Å². The molecule has 0 nitrogen and oxygen atoms in total. The summed E-state index contributed by atoms with van der Waals surface area (Å²) < 4.78 is 2.48. The van der Waals surface area contributed by atoms with Crippen LogP contribution in [0.2, 0.25) is 0 Å². The second kappa shape index (κ2) is 12.3. The molecule has 0 amide bonds. The van der Waals surface area contributed by atoms with Crippen LogP contribution in [0.4, 0.5) is 0 Å². The molecule has 0 fully saturated rings. The van der Waals surface area contributed by atoms with Crippen molar-refractivity contribution in [3.05, 3.63) is 133 Å². The molecule has 0 spiro atoms. The van der Waals surface area contributed by atoms with Crippen LogP contribution in [-0.2, 0) is 32.0 Å². The molecular weight excluding hydrogens is 499 g/mol. The Kier molecular flexibility index (Phi) is 9.29. The number of hydrogen-bond acceptors (Lipinski definition) is 0. The fourth-order valence-electron chi connectivity index (χ4n) is 5.45. The molecule has 2 aliphatic rings. The summed E-state index contributed by atoms with van der Waals surface area (Å²) in [7, 11) is -0.0185. The molecule has 1 unspecified atom stereocenters. The van der Waals surface area contributed by atoms with Gasteiger partial charge in [0.1, 0.15) is 0 Å². The van der Waals surface area contributed by atoms with Crippen molar-refractivity contribution >= 4 is 14.0 Å². The first-order chi connectivity index (χ1) is 17.7. The summed E-state index contributed by atoms with van der Waals surface area (Å²) in [5, 5.41) is 1.72. The maximum absolute atomic E-state index is 2.50. The van der Waals surface area contributed by atoms with E-state index in [-0.39, 0.29) is 32.5 Å². The van der Waals surface area contributed by atoms with Crippen LogP contribution in [0.25, 0.3) is 6.08 Å². The van der Waals surface area contributed by atoms with Crippen molar-refractivity contribution in [3.63, 3.8) is 0 Å². The molecule has 0 aromatic heterocycles. The summed E-state index contributed by atoms with van der Waals surface area (Å²) in [5.41, 5.74) is 10.9. The van der Waals surface area contributed by atoms with Gasteiger partial charge in [-0.1, -0.05) is 60.7 Å². The minimum atomic E-state index is -0.210.